The lowest BCUT2D eigenvalue weighted by Crippen LogP contribution is -2.51. The number of β-amino-alcohol motifs (C(OH)–C–C–N with tert-alkyl or cyclic N) is 1. The van der Waals surface area contributed by atoms with Crippen molar-refractivity contribution in [3.8, 4) is 0 Å². The second-order valence-corrected chi connectivity index (χ2v) is 7.11. The Bertz CT molecular complexity index is 323. The average molecular weight is 271 g/mol. The number of aliphatic carboxylic acids is 1. The minimum absolute atomic E-state index is 0.154. The fourth-order valence-electron chi connectivity index (χ4n) is 2.60. The van der Waals surface area contributed by atoms with Crippen molar-refractivity contribution >= 4 is 5.97 Å². The van der Waals surface area contributed by atoms with E-state index in [4.69, 9.17) is 0 Å². The molecule has 0 aliphatic carbocycles. The van der Waals surface area contributed by atoms with Gasteiger partial charge in [0, 0.05) is 13.1 Å². The predicted molar refractivity (Wildman–Crippen MR) is 76.0 cm³/mol. The number of hydrogen-bond donors (Lipinski definition) is 2. The van der Waals surface area contributed by atoms with Crippen LogP contribution in [0.4, 0.5) is 0 Å². The fourth-order valence-corrected chi connectivity index (χ4v) is 2.60. The topological polar surface area (TPSA) is 60.8 Å². The first kappa shape index (κ1) is 16.4. The van der Waals surface area contributed by atoms with Gasteiger partial charge in [0.2, 0.25) is 0 Å². The van der Waals surface area contributed by atoms with Crippen LogP contribution in [0.1, 0.15) is 47.5 Å². The standard InChI is InChI=1S/C15H29NO3/c1-11(2)15(5,19)10-16-8-6-7-12(9-16)14(3,4)13(17)18/h11-12,19H,6-10H2,1-5H3,(H,17,18). The van der Waals surface area contributed by atoms with E-state index in [0.717, 1.165) is 25.9 Å². The van der Waals surface area contributed by atoms with E-state index in [1.165, 1.54) is 0 Å². The van der Waals surface area contributed by atoms with Crippen molar-refractivity contribution in [1.29, 1.82) is 0 Å². The summed E-state index contributed by atoms with van der Waals surface area (Å²) in [4.78, 5) is 13.6. The summed E-state index contributed by atoms with van der Waals surface area (Å²) >= 11 is 0. The summed E-state index contributed by atoms with van der Waals surface area (Å²) in [6.45, 7) is 11.9. The molecule has 2 unspecified atom stereocenters. The quantitative estimate of drug-likeness (QED) is 0.805. The fraction of sp³-hybridized carbons (Fsp3) is 0.933. The smallest absolute Gasteiger partial charge is 0.309 e. The highest BCUT2D eigenvalue weighted by Crippen LogP contribution is 2.34. The van der Waals surface area contributed by atoms with Crippen LogP contribution in [0.25, 0.3) is 0 Å². The number of carboxylic acids is 1. The van der Waals surface area contributed by atoms with Gasteiger partial charge in [0.1, 0.15) is 0 Å². The van der Waals surface area contributed by atoms with Crippen molar-refractivity contribution < 1.29 is 15.0 Å². The SMILES string of the molecule is CC(C)C(C)(O)CN1CCCC(C(C)(C)C(=O)O)C1. The van der Waals surface area contributed by atoms with E-state index < -0.39 is 17.0 Å². The van der Waals surface area contributed by atoms with E-state index in [0.29, 0.717) is 6.54 Å². The molecule has 0 aromatic rings. The summed E-state index contributed by atoms with van der Waals surface area (Å²) < 4.78 is 0. The number of piperidine rings is 1. The van der Waals surface area contributed by atoms with E-state index in [2.05, 4.69) is 4.90 Å². The van der Waals surface area contributed by atoms with Crippen molar-refractivity contribution in [1.82, 2.24) is 4.90 Å². The normalized spacial score (nSPS) is 25.3. The van der Waals surface area contributed by atoms with Crippen LogP contribution in [0.2, 0.25) is 0 Å². The molecule has 2 atom stereocenters. The molecule has 1 rings (SSSR count). The predicted octanol–water partition coefficient (Wildman–Crippen LogP) is 2.22. The maximum Gasteiger partial charge on any atom is 0.309 e. The van der Waals surface area contributed by atoms with Crippen LogP contribution >= 0.6 is 0 Å². The van der Waals surface area contributed by atoms with Gasteiger partial charge in [0.05, 0.1) is 11.0 Å². The van der Waals surface area contributed by atoms with Gasteiger partial charge in [0.15, 0.2) is 0 Å². The summed E-state index contributed by atoms with van der Waals surface area (Å²) in [5.74, 6) is -0.378. The molecule has 0 aromatic carbocycles. The van der Waals surface area contributed by atoms with Crippen molar-refractivity contribution in [3.05, 3.63) is 0 Å². The molecule has 1 aliphatic heterocycles. The Labute approximate surface area is 116 Å². The lowest BCUT2D eigenvalue weighted by atomic mass is 9.74. The highest BCUT2D eigenvalue weighted by atomic mass is 16.4. The van der Waals surface area contributed by atoms with Gasteiger partial charge in [-0.2, -0.15) is 0 Å². The molecule has 2 N–H and O–H groups in total. The molecule has 4 nitrogen and oxygen atoms in total. The third-order valence-corrected chi connectivity index (χ3v) is 4.86. The van der Waals surface area contributed by atoms with Crippen LogP contribution in [-0.4, -0.2) is 46.3 Å². The van der Waals surface area contributed by atoms with E-state index >= 15 is 0 Å². The summed E-state index contributed by atoms with van der Waals surface area (Å²) in [5.41, 5.74) is -1.41. The number of hydrogen-bond acceptors (Lipinski definition) is 3. The first-order valence-electron chi connectivity index (χ1n) is 7.25. The van der Waals surface area contributed by atoms with Gasteiger partial charge in [-0.05, 0) is 52.0 Å². The number of aliphatic hydroxyl groups is 1. The minimum Gasteiger partial charge on any atom is -0.481 e. The summed E-state index contributed by atoms with van der Waals surface area (Å²) in [6.07, 6.45) is 1.97. The van der Waals surface area contributed by atoms with Gasteiger partial charge in [-0.15, -0.1) is 0 Å². The molecule has 0 spiro atoms. The Morgan fingerprint density at radius 2 is 1.95 bits per heavy atom. The summed E-state index contributed by atoms with van der Waals surface area (Å²) in [5, 5.41) is 19.7. The zero-order valence-corrected chi connectivity index (χ0v) is 12.9. The van der Waals surface area contributed by atoms with Gasteiger partial charge in [-0.25, -0.2) is 0 Å². The Hall–Kier alpha value is -0.610. The molecule has 1 heterocycles. The van der Waals surface area contributed by atoms with Crippen LogP contribution in [0.3, 0.4) is 0 Å². The number of carboxylic acid groups (broad SMARTS) is 1. The molecule has 112 valence electrons. The molecule has 0 radical (unpaired) electrons. The van der Waals surface area contributed by atoms with E-state index in [1.54, 1.807) is 0 Å². The van der Waals surface area contributed by atoms with Crippen molar-refractivity contribution in [3.63, 3.8) is 0 Å². The number of carbonyl (C=O) groups is 1. The van der Waals surface area contributed by atoms with Gasteiger partial charge in [0.25, 0.3) is 0 Å². The molecule has 1 aliphatic rings. The summed E-state index contributed by atoms with van der Waals surface area (Å²) in [7, 11) is 0. The lowest BCUT2D eigenvalue weighted by molar-refractivity contribution is -0.151. The van der Waals surface area contributed by atoms with Crippen molar-refractivity contribution in [2.75, 3.05) is 19.6 Å². The second-order valence-electron chi connectivity index (χ2n) is 7.11. The molecule has 0 amide bonds. The van der Waals surface area contributed by atoms with E-state index in [1.807, 2.05) is 34.6 Å². The molecule has 1 saturated heterocycles. The highest BCUT2D eigenvalue weighted by Gasteiger charge is 2.40. The van der Waals surface area contributed by atoms with Crippen molar-refractivity contribution in [2.24, 2.45) is 17.3 Å². The highest BCUT2D eigenvalue weighted by molar-refractivity contribution is 5.74. The Morgan fingerprint density at radius 3 is 2.42 bits per heavy atom. The summed E-state index contributed by atoms with van der Waals surface area (Å²) in [6, 6.07) is 0. The zero-order valence-electron chi connectivity index (χ0n) is 12.9. The molecule has 4 heteroatoms. The average Bonchev–Trinajstić information content (AvgIpc) is 2.28. The molecule has 19 heavy (non-hydrogen) atoms. The van der Waals surface area contributed by atoms with Gasteiger partial charge >= 0.3 is 5.97 Å². The maximum atomic E-state index is 11.4. The number of rotatable bonds is 5. The lowest BCUT2D eigenvalue weighted by Gasteiger charge is -2.42. The van der Waals surface area contributed by atoms with Crippen LogP contribution in [0.15, 0.2) is 0 Å². The Kier molecular flexibility index (Phi) is 5.02. The third-order valence-electron chi connectivity index (χ3n) is 4.86. The van der Waals surface area contributed by atoms with Crippen LogP contribution in [0, 0.1) is 17.3 Å². The van der Waals surface area contributed by atoms with Crippen molar-refractivity contribution in [2.45, 2.75) is 53.1 Å². The molecule has 0 aromatic heterocycles. The van der Waals surface area contributed by atoms with Crippen LogP contribution < -0.4 is 0 Å². The first-order chi connectivity index (χ1) is 8.57. The van der Waals surface area contributed by atoms with Crippen LogP contribution in [0.5, 0.6) is 0 Å². The molecule has 0 bridgehead atoms. The number of likely N-dealkylation sites (tertiary alicyclic amines) is 1. The third kappa shape index (κ3) is 3.93. The van der Waals surface area contributed by atoms with E-state index in [9.17, 15) is 15.0 Å². The Morgan fingerprint density at radius 1 is 1.37 bits per heavy atom. The molecule has 0 saturated carbocycles. The second kappa shape index (κ2) is 5.80. The molecular formula is C15H29NO3. The molecular weight excluding hydrogens is 242 g/mol. The minimum atomic E-state index is -0.727. The first-order valence-corrected chi connectivity index (χ1v) is 7.25. The number of nitrogens with zero attached hydrogens (tertiary/aromatic N) is 1. The monoisotopic (exact) mass is 271 g/mol. The van der Waals surface area contributed by atoms with Gasteiger partial charge in [-0.1, -0.05) is 13.8 Å². The largest absolute Gasteiger partial charge is 0.481 e. The van der Waals surface area contributed by atoms with Crippen LogP contribution in [-0.2, 0) is 4.79 Å². The van der Waals surface area contributed by atoms with E-state index in [-0.39, 0.29) is 11.8 Å². The van der Waals surface area contributed by atoms with Gasteiger partial charge in [-0.3, -0.25) is 4.79 Å². The molecule has 1 fully saturated rings. The zero-order chi connectivity index (χ0) is 14.8. The van der Waals surface area contributed by atoms with Gasteiger partial charge < -0.3 is 15.1 Å². The maximum absolute atomic E-state index is 11.4. The Balaban J connectivity index is 2.68.